The summed E-state index contributed by atoms with van der Waals surface area (Å²) >= 11 is 4.14. The summed E-state index contributed by atoms with van der Waals surface area (Å²) in [6, 6.07) is 3.75. The zero-order valence-corrected chi connectivity index (χ0v) is 13.7. The Morgan fingerprint density at radius 1 is 1.37 bits per heavy atom. The van der Waals surface area contributed by atoms with Crippen LogP contribution in [0.1, 0.15) is 31.4 Å². The van der Waals surface area contributed by atoms with Crippen LogP contribution in [0.15, 0.2) is 28.2 Å². The topological polar surface area (TPSA) is 34.9 Å². The lowest BCUT2D eigenvalue weighted by molar-refractivity contribution is 0.886. The summed E-state index contributed by atoms with van der Waals surface area (Å²) in [5.41, 5.74) is 2.00. The van der Waals surface area contributed by atoms with Crippen LogP contribution in [0.2, 0.25) is 0 Å². The Kier molecular flexibility index (Phi) is 3.84. The number of fused-ring (bicyclic) bond motifs is 1. The fourth-order valence-electron chi connectivity index (χ4n) is 2.52. The molecular weight excluding hydrogens is 371 g/mol. The SMILES string of the molecule is Cc1cc2c(cn1)c(=O)cc(SC1CCCC1)n2I. The number of hydrogen-bond acceptors (Lipinski definition) is 3. The summed E-state index contributed by atoms with van der Waals surface area (Å²) < 4.78 is 2.10. The molecule has 5 heteroatoms. The lowest BCUT2D eigenvalue weighted by Crippen LogP contribution is -2.08. The van der Waals surface area contributed by atoms with E-state index in [9.17, 15) is 4.79 Å². The molecule has 0 N–H and O–H groups in total. The zero-order chi connectivity index (χ0) is 13.4. The van der Waals surface area contributed by atoms with Gasteiger partial charge in [0.1, 0.15) is 0 Å². The van der Waals surface area contributed by atoms with Crippen molar-refractivity contribution in [1.82, 2.24) is 7.76 Å². The first-order valence-electron chi connectivity index (χ1n) is 6.50. The van der Waals surface area contributed by atoms with E-state index in [-0.39, 0.29) is 5.43 Å². The van der Waals surface area contributed by atoms with Gasteiger partial charge in [-0.05, 0) is 25.8 Å². The molecule has 1 aliphatic rings. The highest BCUT2D eigenvalue weighted by molar-refractivity contribution is 14.1. The van der Waals surface area contributed by atoms with E-state index in [0.717, 1.165) is 16.2 Å². The fourth-order valence-corrected chi connectivity index (χ4v) is 4.68. The van der Waals surface area contributed by atoms with E-state index in [1.807, 2.05) is 24.8 Å². The standard InChI is InChI=1S/C14H15IN2OS/c1-9-6-12-11(8-16-9)13(18)7-14(17(12)15)19-10-4-2-3-5-10/h6-8,10H,2-5H2,1H3. The van der Waals surface area contributed by atoms with Gasteiger partial charge in [0.05, 0.1) is 38.8 Å². The molecule has 19 heavy (non-hydrogen) atoms. The molecule has 1 fully saturated rings. The number of rotatable bonds is 2. The first kappa shape index (κ1) is 13.4. The van der Waals surface area contributed by atoms with Crippen LogP contribution in [0, 0.1) is 6.92 Å². The Hall–Kier alpha value is -0.560. The van der Waals surface area contributed by atoms with Crippen molar-refractivity contribution in [3.8, 4) is 0 Å². The lowest BCUT2D eigenvalue weighted by Gasteiger charge is -2.13. The maximum Gasteiger partial charge on any atom is 0.192 e. The van der Waals surface area contributed by atoms with Crippen LogP contribution < -0.4 is 5.43 Å². The molecule has 0 atom stereocenters. The van der Waals surface area contributed by atoms with Crippen LogP contribution in [0.3, 0.4) is 0 Å². The minimum absolute atomic E-state index is 0.0795. The first-order chi connectivity index (χ1) is 9.15. The molecule has 0 saturated heterocycles. The fraction of sp³-hybridized carbons (Fsp3) is 0.429. The van der Waals surface area contributed by atoms with Crippen molar-refractivity contribution in [1.29, 1.82) is 0 Å². The van der Waals surface area contributed by atoms with Crippen molar-refractivity contribution < 1.29 is 0 Å². The number of aromatic nitrogens is 2. The minimum atomic E-state index is 0.0795. The Labute approximate surface area is 130 Å². The van der Waals surface area contributed by atoms with E-state index in [2.05, 4.69) is 30.6 Å². The predicted molar refractivity (Wildman–Crippen MR) is 88.3 cm³/mol. The lowest BCUT2D eigenvalue weighted by atomic mass is 10.2. The van der Waals surface area contributed by atoms with E-state index >= 15 is 0 Å². The molecule has 0 aliphatic heterocycles. The third-order valence-corrected chi connectivity index (χ3v) is 6.25. The van der Waals surface area contributed by atoms with Crippen LogP contribution in [-0.2, 0) is 0 Å². The van der Waals surface area contributed by atoms with Crippen LogP contribution in [0.4, 0.5) is 0 Å². The summed E-state index contributed by atoms with van der Waals surface area (Å²) in [5, 5.41) is 2.44. The predicted octanol–water partition coefficient (Wildman–Crippen LogP) is 3.94. The molecule has 100 valence electrons. The maximum absolute atomic E-state index is 12.2. The summed E-state index contributed by atoms with van der Waals surface area (Å²) in [7, 11) is 0. The third-order valence-electron chi connectivity index (χ3n) is 3.53. The number of aryl methyl sites for hydroxylation is 1. The molecule has 2 aromatic rings. The Bertz CT molecular complexity index is 677. The second-order valence-corrected chi connectivity index (χ2v) is 7.28. The molecule has 2 aromatic heterocycles. The highest BCUT2D eigenvalue weighted by Gasteiger charge is 2.18. The van der Waals surface area contributed by atoms with Crippen molar-refractivity contribution in [2.75, 3.05) is 0 Å². The van der Waals surface area contributed by atoms with Gasteiger partial charge >= 0.3 is 0 Å². The Balaban J connectivity index is 2.09. The van der Waals surface area contributed by atoms with Crippen LogP contribution in [-0.4, -0.2) is 13.0 Å². The summed E-state index contributed by atoms with van der Waals surface area (Å²) in [4.78, 5) is 16.4. The van der Waals surface area contributed by atoms with Gasteiger partial charge in [-0.1, -0.05) is 12.8 Å². The summed E-state index contributed by atoms with van der Waals surface area (Å²) in [6.45, 7) is 1.96. The van der Waals surface area contributed by atoms with E-state index in [1.54, 1.807) is 12.3 Å². The van der Waals surface area contributed by atoms with Gasteiger partial charge in [-0.3, -0.25) is 12.6 Å². The molecule has 3 rings (SSSR count). The van der Waals surface area contributed by atoms with E-state index < -0.39 is 0 Å². The van der Waals surface area contributed by atoms with Gasteiger partial charge in [-0.2, -0.15) is 0 Å². The van der Waals surface area contributed by atoms with Crippen molar-refractivity contribution in [2.24, 2.45) is 0 Å². The number of pyridine rings is 2. The summed E-state index contributed by atoms with van der Waals surface area (Å²) in [6.07, 6.45) is 6.86. The summed E-state index contributed by atoms with van der Waals surface area (Å²) in [5.74, 6) is 0. The average Bonchev–Trinajstić information content (AvgIpc) is 2.88. The molecule has 0 unspecified atom stereocenters. The second kappa shape index (κ2) is 5.44. The highest BCUT2D eigenvalue weighted by atomic mass is 127. The number of halogens is 1. The molecule has 1 saturated carbocycles. The van der Waals surface area contributed by atoms with Gasteiger partial charge in [0, 0.05) is 23.2 Å². The van der Waals surface area contributed by atoms with E-state index in [1.165, 1.54) is 25.7 Å². The monoisotopic (exact) mass is 386 g/mol. The number of hydrogen-bond donors (Lipinski definition) is 0. The van der Waals surface area contributed by atoms with Crippen LogP contribution >= 0.6 is 34.6 Å². The quantitative estimate of drug-likeness (QED) is 0.734. The smallest absolute Gasteiger partial charge is 0.192 e. The minimum Gasteiger partial charge on any atom is -0.289 e. The molecule has 2 heterocycles. The van der Waals surface area contributed by atoms with Crippen molar-refractivity contribution >= 4 is 45.5 Å². The van der Waals surface area contributed by atoms with Gasteiger partial charge in [-0.25, -0.2) is 0 Å². The highest BCUT2D eigenvalue weighted by Crippen LogP contribution is 2.35. The molecule has 0 amide bonds. The first-order valence-corrected chi connectivity index (χ1v) is 8.35. The van der Waals surface area contributed by atoms with Gasteiger partial charge < -0.3 is 0 Å². The van der Waals surface area contributed by atoms with Crippen LogP contribution in [0.5, 0.6) is 0 Å². The average molecular weight is 386 g/mol. The van der Waals surface area contributed by atoms with Crippen LogP contribution in [0.25, 0.3) is 10.9 Å². The molecule has 0 radical (unpaired) electrons. The van der Waals surface area contributed by atoms with E-state index in [4.69, 9.17) is 0 Å². The van der Waals surface area contributed by atoms with E-state index in [0.29, 0.717) is 10.6 Å². The number of thioether (sulfide) groups is 1. The molecular formula is C14H15IN2OS. The molecule has 0 spiro atoms. The van der Waals surface area contributed by atoms with Crippen molar-refractivity contribution in [3.05, 3.63) is 34.2 Å². The molecule has 3 nitrogen and oxygen atoms in total. The zero-order valence-electron chi connectivity index (χ0n) is 10.7. The normalized spacial score (nSPS) is 16.3. The van der Waals surface area contributed by atoms with Crippen molar-refractivity contribution in [2.45, 2.75) is 42.9 Å². The number of nitrogens with zero attached hydrogens (tertiary/aromatic N) is 2. The second-order valence-electron chi connectivity index (χ2n) is 4.99. The van der Waals surface area contributed by atoms with Gasteiger partial charge in [0.25, 0.3) is 0 Å². The van der Waals surface area contributed by atoms with Gasteiger partial charge in [-0.15, -0.1) is 11.8 Å². The van der Waals surface area contributed by atoms with Gasteiger partial charge in [0.2, 0.25) is 0 Å². The third kappa shape index (κ3) is 2.67. The molecule has 0 bridgehead atoms. The Morgan fingerprint density at radius 3 is 2.84 bits per heavy atom. The molecule has 1 aliphatic carbocycles. The maximum atomic E-state index is 12.2. The van der Waals surface area contributed by atoms with Gasteiger partial charge in [0.15, 0.2) is 5.43 Å². The largest absolute Gasteiger partial charge is 0.289 e. The Morgan fingerprint density at radius 2 is 2.11 bits per heavy atom. The van der Waals surface area contributed by atoms with Crippen molar-refractivity contribution in [3.63, 3.8) is 0 Å². The molecule has 0 aromatic carbocycles.